The quantitative estimate of drug-likeness (QED) is 0.626. The highest BCUT2D eigenvalue weighted by Crippen LogP contribution is 2.28. The van der Waals surface area contributed by atoms with Crippen molar-refractivity contribution in [1.29, 1.82) is 0 Å². The summed E-state index contributed by atoms with van der Waals surface area (Å²) in [5.74, 6) is 1.56. The van der Waals surface area contributed by atoms with Gasteiger partial charge in [-0.3, -0.25) is 0 Å². The van der Waals surface area contributed by atoms with Crippen molar-refractivity contribution in [3.63, 3.8) is 0 Å². The topological polar surface area (TPSA) is 27.7 Å². The first kappa shape index (κ1) is 14.8. The van der Waals surface area contributed by atoms with Crippen LogP contribution in [-0.2, 0) is 11.3 Å². The summed E-state index contributed by atoms with van der Waals surface area (Å²) < 4.78 is 16.4. The molecule has 0 fully saturated rings. The van der Waals surface area contributed by atoms with Crippen LogP contribution in [0.2, 0.25) is 0 Å². The van der Waals surface area contributed by atoms with Gasteiger partial charge in [-0.25, -0.2) is 0 Å². The molecule has 0 aliphatic rings. The van der Waals surface area contributed by atoms with Gasteiger partial charge in [0.05, 0.1) is 20.3 Å². The lowest BCUT2D eigenvalue weighted by atomic mass is 10.2. The molecular weight excluding hydrogens is 228 g/mol. The van der Waals surface area contributed by atoms with Crippen LogP contribution in [0.1, 0.15) is 38.7 Å². The molecule has 1 aromatic rings. The third kappa shape index (κ3) is 4.96. The Balaban J connectivity index is 2.46. The van der Waals surface area contributed by atoms with Crippen LogP contribution in [0.3, 0.4) is 0 Å². The highest BCUT2D eigenvalue weighted by atomic mass is 16.5. The van der Waals surface area contributed by atoms with Crippen LogP contribution in [-0.4, -0.2) is 20.3 Å². The summed E-state index contributed by atoms with van der Waals surface area (Å²) in [5, 5.41) is 0. The lowest BCUT2D eigenvalue weighted by Gasteiger charge is -2.11. The van der Waals surface area contributed by atoms with E-state index in [4.69, 9.17) is 14.2 Å². The second kappa shape index (κ2) is 8.81. The predicted octanol–water partition coefficient (Wildman–Crippen LogP) is 3.80. The molecule has 0 unspecified atom stereocenters. The Labute approximate surface area is 110 Å². The fourth-order valence-electron chi connectivity index (χ4n) is 1.72. The zero-order valence-corrected chi connectivity index (χ0v) is 11.7. The van der Waals surface area contributed by atoms with Gasteiger partial charge in [-0.1, -0.05) is 25.8 Å². The van der Waals surface area contributed by atoms with Crippen molar-refractivity contribution in [1.82, 2.24) is 0 Å². The van der Waals surface area contributed by atoms with Crippen LogP contribution in [0, 0.1) is 0 Å². The van der Waals surface area contributed by atoms with Crippen LogP contribution in [0.4, 0.5) is 0 Å². The number of unbranched alkanes of at least 4 members (excludes halogenated alkanes) is 2. The molecule has 0 spiro atoms. The molecule has 0 atom stereocenters. The van der Waals surface area contributed by atoms with Gasteiger partial charge >= 0.3 is 0 Å². The van der Waals surface area contributed by atoms with E-state index in [0.29, 0.717) is 13.2 Å². The molecule has 0 aliphatic heterocycles. The minimum atomic E-state index is 0.631. The van der Waals surface area contributed by atoms with Gasteiger partial charge in [-0.2, -0.15) is 0 Å². The Morgan fingerprint density at radius 2 is 1.89 bits per heavy atom. The van der Waals surface area contributed by atoms with Crippen molar-refractivity contribution in [3.05, 3.63) is 23.8 Å². The molecule has 0 aliphatic carbocycles. The second-order valence-corrected chi connectivity index (χ2v) is 4.18. The van der Waals surface area contributed by atoms with E-state index in [0.717, 1.165) is 30.1 Å². The molecule has 1 aromatic carbocycles. The Kier molecular flexibility index (Phi) is 7.26. The highest BCUT2D eigenvalue weighted by molar-refractivity contribution is 5.42. The van der Waals surface area contributed by atoms with E-state index in [1.807, 2.05) is 25.1 Å². The summed E-state index contributed by atoms with van der Waals surface area (Å²) >= 11 is 0. The van der Waals surface area contributed by atoms with Crippen molar-refractivity contribution in [2.45, 2.75) is 39.7 Å². The summed E-state index contributed by atoms with van der Waals surface area (Å²) in [5.41, 5.74) is 1.12. The van der Waals surface area contributed by atoms with Crippen LogP contribution < -0.4 is 9.47 Å². The third-order valence-electron chi connectivity index (χ3n) is 2.69. The molecule has 0 heterocycles. The highest BCUT2D eigenvalue weighted by Gasteiger charge is 2.05. The van der Waals surface area contributed by atoms with E-state index < -0.39 is 0 Å². The first-order chi connectivity index (χ1) is 8.81. The summed E-state index contributed by atoms with van der Waals surface area (Å²) in [4.78, 5) is 0. The van der Waals surface area contributed by atoms with Crippen molar-refractivity contribution in [2.75, 3.05) is 20.3 Å². The summed E-state index contributed by atoms with van der Waals surface area (Å²) in [6.45, 7) is 6.25. The maximum atomic E-state index is 5.62. The van der Waals surface area contributed by atoms with Gasteiger partial charge in [0.15, 0.2) is 11.5 Å². The molecule has 0 saturated carbocycles. The number of hydrogen-bond acceptors (Lipinski definition) is 3. The summed E-state index contributed by atoms with van der Waals surface area (Å²) in [6.07, 6.45) is 3.58. The van der Waals surface area contributed by atoms with E-state index in [1.165, 1.54) is 12.8 Å². The average Bonchev–Trinajstić information content (AvgIpc) is 2.40. The Morgan fingerprint density at radius 3 is 2.56 bits per heavy atom. The molecule has 18 heavy (non-hydrogen) atoms. The molecule has 102 valence electrons. The third-order valence-corrected chi connectivity index (χ3v) is 2.69. The molecule has 0 N–H and O–H groups in total. The van der Waals surface area contributed by atoms with Gasteiger partial charge < -0.3 is 14.2 Å². The number of hydrogen-bond donors (Lipinski definition) is 0. The lowest BCUT2D eigenvalue weighted by molar-refractivity contribution is 0.117. The molecular formula is C15H24O3. The lowest BCUT2D eigenvalue weighted by Crippen LogP contribution is -1.99. The van der Waals surface area contributed by atoms with Crippen molar-refractivity contribution in [2.24, 2.45) is 0 Å². The monoisotopic (exact) mass is 252 g/mol. The largest absolute Gasteiger partial charge is 0.493 e. The van der Waals surface area contributed by atoms with Crippen LogP contribution in [0.25, 0.3) is 0 Å². The van der Waals surface area contributed by atoms with Crippen LogP contribution >= 0.6 is 0 Å². The Hall–Kier alpha value is -1.22. The zero-order valence-electron chi connectivity index (χ0n) is 11.7. The standard InChI is InChI=1S/C15H24O3/c1-4-6-7-10-17-12-13-8-9-14(18-5-2)15(11-13)16-3/h8-9,11H,4-7,10,12H2,1-3H3. The molecule has 0 saturated heterocycles. The van der Waals surface area contributed by atoms with Gasteiger partial charge in [0.1, 0.15) is 0 Å². The number of rotatable bonds is 9. The van der Waals surface area contributed by atoms with Gasteiger partial charge in [-0.15, -0.1) is 0 Å². The van der Waals surface area contributed by atoms with Gasteiger partial charge in [0, 0.05) is 6.61 Å². The average molecular weight is 252 g/mol. The SMILES string of the molecule is CCCCCOCc1ccc(OCC)c(OC)c1. The minimum absolute atomic E-state index is 0.631. The Morgan fingerprint density at radius 1 is 1.06 bits per heavy atom. The first-order valence-corrected chi connectivity index (χ1v) is 6.69. The Bertz CT molecular complexity index is 337. The normalized spacial score (nSPS) is 10.4. The first-order valence-electron chi connectivity index (χ1n) is 6.69. The molecule has 0 radical (unpaired) electrons. The number of benzene rings is 1. The summed E-state index contributed by atoms with van der Waals surface area (Å²) in [7, 11) is 1.66. The second-order valence-electron chi connectivity index (χ2n) is 4.18. The van der Waals surface area contributed by atoms with Gasteiger partial charge in [0.25, 0.3) is 0 Å². The molecule has 1 rings (SSSR count). The van der Waals surface area contributed by atoms with E-state index in [-0.39, 0.29) is 0 Å². The minimum Gasteiger partial charge on any atom is -0.493 e. The van der Waals surface area contributed by atoms with Crippen molar-refractivity contribution in [3.8, 4) is 11.5 Å². The summed E-state index contributed by atoms with van der Waals surface area (Å²) in [6, 6.07) is 5.94. The molecule has 0 aromatic heterocycles. The fraction of sp³-hybridized carbons (Fsp3) is 0.600. The van der Waals surface area contributed by atoms with Crippen LogP contribution in [0.15, 0.2) is 18.2 Å². The van der Waals surface area contributed by atoms with Crippen LogP contribution in [0.5, 0.6) is 11.5 Å². The van der Waals surface area contributed by atoms with E-state index in [9.17, 15) is 0 Å². The number of methoxy groups -OCH3 is 1. The van der Waals surface area contributed by atoms with Gasteiger partial charge in [-0.05, 0) is 31.0 Å². The smallest absolute Gasteiger partial charge is 0.161 e. The fourth-order valence-corrected chi connectivity index (χ4v) is 1.72. The zero-order chi connectivity index (χ0) is 13.2. The maximum absolute atomic E-state index is 5.62. The van der Waals surface area contributed by atoms with Gasteiger partial charge in [0.2, 0.25) is 0 Å². The van der Waals surface area contributed by atoms with E-state index in [1.54, 1.807) is 7.11 Å². The molecule has 3 nitrogen and oxygen atoms in total. The number of ether oxygens (including phenoxy) is 3. The predicted molar refractivity (Wildman–Crippen MR) is 73.3 cm³/mol. The maximum Gasteiger partial charge on any atom is 0.161 e. The van der Waals surface area contributed by atoms with Crippen molar-refractivity contribution < 1.29 is 14.2 Å². The molecule has 3 heteroatoms. The molecule has 0 bridgehead atoms. The molecule has 0 amide bonds. The van der Waals surface area contributed by atoms with E-state index in [2.05, 4.69) is 6.92 Å². The van der Waals surface area contributed by atoms with Crippen molar-refractivity contribution >= 4 is 0 Å². The van der Waals surface area contributed by atoms with E-state index >= 15 is 0 Å².